The number of carbonyl (C=O) groups is 1. The predicted molar refractivity (Wildman–Crippen MR) is 96.4 cm³/mol. The molecule has 3 rings (SSSR count). The van der Waals surface area contributed by atoms with E-state index in [-0.39, 0.29) is 0 Å². The third kappa shape index (κ3) is 2.52. The number of hydrogen-bond donors (Lipinski definition) is 0. The van der Waals surface area contributed by atoms with Crippen LogP contribution in [-0.2, 0) is 10.2 Å². The molecule has 119 valence electrons. The van der Waals surface area contributed by atoms with Crippen LogP contribution in [0, 0.1) is 6.92 Å². The monoisotopic (exact) mass is 305 g/mol. The summed E-state index contributed by atoms with van der Waals surface area (Å²) in [7, 11) is 0. The van der Waals surface area contributed by atoms with Gasteiger partial charge >= 0.3 is 0 Å². The minimum Gasteiger partial charge on any atom is -0.298 e. The molecule has 0 fully saturated rings. The van der Waals surface area contributed by atoms with E-state index < -0.39 is 5.41 Å². The van der Waals surface area contributed by atoms with Crippen molar-refractivity contribution in [2.75, 3.05) is 0 Å². The van der Waals surface area contributed by atoms with Crippen molar-refractivity contribution in [2.45, 2.75) is 50.9 Å². The Morgan fingerprint density at radius 1 is 0.957 bits per heavy atom. The van der Waals surface area contributed by atoms with Gasteiger partial charge in [0.1, 0.15) is 5.78 Å². The summed E-state index contributed by atoms with van der Waals surface area (Å²) in [4.78, 5) is 13.3. The van der Waals surface area contributed by atoms with E-state index in [1.54, 1.807) is 0 Å². The molecule has 0 heterocycles. The largest absolute Gasteiger partial charge is 0.298 e. The van der Waals surface area contributed by atoms with Crippen molar-refractivity contribution < 1.29 is 4.79 Å². The second-order valence-electron chi connectivity index (χ2n) is 6.48. The van der Waals surface area contributed by atoms with E-state index in [0.717, 1.165) is 32.1 Å². The number of ketones is 1. The minimum atomic E-state index is -0.458. The van der Waals surface area contributed by atoms with Crippen molar-refractivity contribution in [3.05, 3.63) is 66.6 Å². The van der Waals surface area contributed by atoms with Gasteiger partial charge in [0.05, 0.1) is 5.41 Å². The van der Waals surface area contributed by atoms with E-state index in [0.29, 0.717) is 12.2 Å². The molecule has 0 saturated heterocycles. The highest BCUT2D eigenvalue weighted by atomic mass is 16.1. The number of Topliss-reactive ketones (excluding diaryl/α,β-unsaturated/α-hetero) is 1. The Kier molecular flexibility index (Phi) is 4.66. The van der Waals surface area contributed by atoms with Gasteiger partial charge in [0.2, 0.25) is 0 Å². The lowest BCUT2D eigenvalue weighted by molar-refractivity contribution is -0.123. The first kappa shape index (κ1) is 16.0. The molecule has 0 spiro atoms. The maximum atomic E-state index is 13.3. The average Bonchev–Trinajstić information content (AvgIpc) is 2.89. The molecule has 0 saturated carbocycles. The molecule has 0 N–H and O–H groups in total. The second kappa shape index (κ2) is 6.70. The fraction of sp³-hybridized carbons (Fsp3) is 0.364. The molecule has 1 aliphatic rings. The summed E-state index contributed by atoms with van der Waals surface area (Å²) in [5.74, 6) is 0.380. The lowest BCUT2D eigenvalue weighted by Gasteiger charge is -2.31. The topological polar surface area (TPSA) is 17.1 Å². The van der Waals surface area contributed by atoms with Crippen molar-refractivity contribution in [2.24, 2.45) is 0 Å². The number of rotatable bonds is 7. The Morgan fingerprint density at radius 2 is 1.52 bits per heavy atom. The van der Waals surface area contributed by atoms with Crippen LogP contribution < -0.4 is 0 Å². The molecule has 0 atom stereocenters. The van der Waals surface area contributed by atoms with Gasteiger partial charge in [0.15, 0.2) is 0 Å². The van der Waals surface area contributed by atoms with E-state index >= 15 is 0 Å². The van der Waals surface area contributed by atoms with Crippen LogP contribution in [0.4, 0.5) is 0 Å². The molecule has 0 bridgehead atoms. The Morgan fingerprint density at radius 3 is 2.04 bits per heavy atom. The number of unbranched alkanes of at least 4 members (excludes halogenated alkanes) is 2. The average molecular weight is 305 g/mol. The standard InChI is InChI=1S/C22H25O/c1-3-5-15-21(23)22(16-6-4-2)19-13-9-7-11-17(19)18-12-8-10-14-20(18)22/h7-14H,2-6,15-16H2,1H3. The van der Waals surface area contributed by atoms with Crippen LogP contribution in [0.3, 0.4) is 0 Å². The lowest BCUT2D eigenvalue weighted by atomic mass is 9.70. The summed E-state index contributed by atoms with van der Waals surface area (Å²) in [6, 6.07) is 16.9. The van der Waals surface area contributed by atoms with Crippen LogP contribution in [0.15, 0.2) is 48.5 Å². The van der Waals surface area contributed by atoms with Gasteiger partial charge in [0.25, 0.3) is 0 Å². The molecular weight excluding hydrogens is 280 g/mol. The van der Waals surface area contributed by atoms with Crippen molar-refractivity contribution in [3.63, 3.8) is 0 Å². The SMILES string of the molecule is [CH2]CCCC1(C(=O)CCCC)c2ccccc2-c2ccccc21. The fourth-order valence-electron chi connectivity index (χ4n) is 3.98. The van der Waals surface area contributed by atoms with Gasteiger partial charge < -0.3 is 0 Å². The summed E-state index contributed by atoms with van der Waals surface area (Å²) in [6.07, 6.45) is 5.40. The zero-order valence-electron chi connectivity index (χ0n) is 14.0. The molecule has 0 aliphatic heterocycles. The third-order valence-electron chi connectivity index (χ3n) is 5.10. The van der Waals surface area contributed by atoms with Crippen molar-refractivity contribution in [1.82, 2.24) is 0 Å². The summed E-state index contributed by atoms with van der Waals surface area (Å²) >= 11 is 0. The molecule has 1 aliphatic carbocycles. The van der Waals surface area contributed by atoms with Gasteiger partial charge in [-0.15, -0.1) is 0 Å². The van der Waals surface area contributed by atoms with E-state index in [2.05, 4.69) is 62.4 Å². The molecular formula is C22H25O. The molecule has 1 heteroatoms. The maximum absolute atomic E-state index is 13.3. The van der Waals surface area contributed by atoms with E-state index in [4.69, 9.17) is 0 Å². The van der Waals surface area contributed by atoms with Gasteiger partial charge in [-0.05, 0) is 35.1 Å². The predicted octanol–water partition coefficient (Wildman–Crippen LogP) is 5.72. The molecule has 2 aromatic carbocycles. The van der Waals surface area contributed by atoms with E-state index in [1.165, 1.54) is 22.3 Å². The molecule has 0 amide bonds. The Balaban J connectivity index is 2.19. The molecule has 0 aromatic heterocycles. The molecule has 23 heavy (non-hydrogen) atoms. The van der Waals surface area contributed by atoms with Crippen LogP contribution in [0.2, 0.25) is 0 Å². The van der Waals surface area contributed by atoms with Crippen LogP contribution >= 0.6 is 0 Å². The van der Waals surface area contributed by atoms with E-state index in [1.807, 2.05) is 0 Å². The fourth-order valence-corrected chi connectivity index (χ4v) is 3.98. The van der Waals surface area contributed by atoms with Gasteiger partial charge in [-0.2, -0.15) is 0 Å². The van der Waals surface area contributed by atoms with Crippen LogP contribution in [0.5, 0.6) is 0 Å². The Bertz CT molecular complexity index is 653. The lowest BCUT2D eigenvalue weighted by Crippen LogP contribution is -2.35. The summed E-state index contributed by atoms with van der Waals surface area (Å²) in [5, 5.41) is 0. The van der Waals surface area contributed by atoms with Crippen molar-refractivity contribution in [1.29, 1.82) is 0 Å². The number of carbonyl (C=O) groups excluding carboxylic acids is 1. The number of fused-ring (bicyclic) bond motifs is 3. The normalized spacial score (nSPS) is 14.3. The van der Waals surface area contributed by atoms with Gasteiger partial charge in [0, 0.05) is 6.42 Å². The van der Waals surface area contributed by atoms with Crippen molar-refractivity contribution >= 4 is 5.78 Å². The van der Waals surface area contributed by atoms with E-state index in [9.17, 15) is 4.79 Å². The smallest absolute Gasteiger partial charge is 0.147 e. The van der Waals surface area contributed by atoms with Crippen molar-refractivity contribution in [3.8, 4) is 11.1 Å². The summed E-state index contributed by atoms with van der Waals surface area (Å²) < 4.78 is 0. The molecule has 2 aromatic rings. The quantitative estimate of drug-likeness (QED) is 0.639. The van der Waals surface area contributed by atoms with Crippen LogP contribution in [0.1, 0.15) is 56.6 Å². The second-order valence-corrected chi connectivity index (χ2v) is 6.48. The summed E-state index contributed by atoms with van der Waals surface area (Å²) in [6.45, 7) is 6.15. The molecule has 1 nitrogen and oxygen atoms in total. The zero-order valence-corrected chi connectivity index (χ0v) is 14.0. The number of hydrogen-bond acceptors (Lipinski definition) is 1. The van der Waals surface area contributed by atoms with Gasteiger partial charge in [-0.1, -0.05) is 81.6 Å². The maximum Gasteiger partial charge on any atom is 0.147 e. The van der Waals surface area contributed by atoms with Crippen LogP contribution in [0.25, 0.3) is 11.1 Å². The highest BCUT2D eigenvalue weighted by Crippen LogP contribution is 2.52. The first-order valence-corrected chi connectivity index (χ1v) is 8.77. The van der Waals surface area contributed by atoms with Crippen LogP contribution in [-0.4, -0.2) is 5.78 Å². The Labute approximate surface area is 139 Å². The summed E-state index contributed by atoms with van der Waals surface area (Å²) in [5.41, 5.74) is 4.42. The van der Waals surface area contributed by atoms with Gasteiger partial charge in [-0.25, -0.2) is 0 Å². The zero-order chi connectivity index (χ0) is 16.3. The first-order chi connectivity index (χ1) is 11.3. The highest BCUT2D eigenvalue weighted by molar-refractivity contribution is 6.01. The highest BCUT2D eigenvalue weighted by Gasteiger charge is 2.47. The minimum absolute atomic E-state index is 0.380. The molecule has 1 radical (unpaired) electrons. The number of benzene rings is 2. The third-order valence-corrected chi connectivity index (χ3v) is 5.10. The molecule has 0 unspecified atom stereocenters. The first-order valence-electron chi connectivity index (χ1n) is 8.77. The Hall–Kier alpha value is -1.89. The van der Waals surface area contributed by atoms with Gasteiger partial charge in [-0.3, -0.25) is 4.79 Å².